The van der Waals surface area contributed by atoms with Crippen LogP contribution < -0.4 is 5.32 Å². The first-order valence-electron chi connectivity index (χ1n) is 9.61. The monoisotopic (exact) mass is 395 g/mol. The number of aromatic amines is 1. The zero-order chi connectivity index (χ0) is 20.4. The summed E-state index contributed by atoms with van der Waals surface area (Å²) in [6.07, 6.45) is -1.14. The maximum Gasteiger partial charge on any atom is 0.416 e. The maximum absolute atomic E-state index is 13.2. The van der Waals surface area contributed by atoms with Gasteiger partial charge in [0.2, 0.25) is 0 Å². The van der Waals surface area contributed by atoms with Gasteiger partial charge in [0.15, 0.2) is 0 Å². The van der Waals surface area contributed by atoms with Crippen molar-refractivity contribution in [2.45, 2.75) is 57.2 Å². The second-order valence-electron chi connectivity index (χ2n) is 8.60. The molecule has 7 heteroatoms. The number of rotatable bonds is 5. The standard InChI is InChI=1S/C21H28F3N3O/c1-19(2,3)18-15(13-26-27-18)12-25-14-20(7-9-28-10-8-20)16-5-4-6-17(11-16)21(22,23)24/h4-6,11,13,25H,7-10,12,14H2,1-3H3,(H,26,27). The van der Waals surface area contributed by atoms with E-state index in [2.05, 4.69) is 36.3 Å². The second-order valence-corrected chi connectivity index (χ2v) is 8.60. The van der Waals surface area contributed by atoms with E-state index in [1.165, 1.54) is 12.1 Å². The highest BCUT2D eigenvalue weighted by Crippen LogP contribution is 2.38. The van der Waals surface area contributed by atoms with E-state index in [0.717, 1.165) is 22.9 Å². The number of benzene rings is 1. The summed E-state index contributed by atoms with van der Waals surface area (Å²) < 4.78 is 45.1. The van der Waals surface area contributed by atoms with Crippen molar-refractivity contribution in [1.29, 1.82) is 0 Å². The molecule has 28 heavy (non-hydrogen) atoms. The average Bonchev–Trinajstić information content (AvgIpc) is 3.11. The van der Waals surface area contributed by atoms with Crippen molar-refractivity contribution >= 4 is 0 Å². The number of alkyl halides is 3. The number of nitrogens with zero attached hydrogens (tertiary/aromatic N) is 1. The third kappa shape index (κ3) is 4.58. The van der Waals surface area contributed by atoms with Crippen LogP contribution in [0.25, 0.3) is 0 Å². The smallest absolute Gasteiger partial charge is 0.381 e. The summed E-state index contributed by atoms with van der Waals surface area (Å²) in [4.78, 5) is 0. The third-order valence-electron chi connectivity index (χ3n) is 5.50. The van der Waals surface area contributed by atoms with Crippen LogP contribution in [0.3, 0.4) is 0 Å². The van der Waals surface area contributed by atoms with Gasteiger partial charge in [-0.15, -0.1) is 0 Å². The number of hydrogen-bond acceptors (Lipinski definition) is 3. The Morgan fingerprint density at radius 2 is 1.89 bits per heavy atom. The second kappa shape index (κ2) is 7.87. The largest absolute Gasteiger partial charge is 0.416 e. The zero-order valence-electron chi connectivity index (χ0n) is 16.6. The summed E-state index contributed by atoms with van der Waals surface area (Å²) in [5.74, 6) is 0. The number of nitrogens with one attached hydrogen (secondary N) is 2. The van der Waals surface area contributed by atoms with E-state index < -0.39 is 11.7 Å². The average molecular weight is 395 g/mol. The summed E-state index contributed by atoms with van der Waals surface area (Å²) in [5, 5.41) is 10.7. The van der Waals surface area contributed by atoms with Crippen molar-refractivity contribution < 1.29 is 17.9 Å². The van der Waals surface area contributed by atoms with Crippen molar-refractivity contribution in [1.82, 2.24) is 15.5 Å². The van der Waals surface area contributed by atoms with Crippen LogP contribution in [0.5, 0.6) is 0 Å². The van der Waals surface area contributed by atoms with Gasteiger partial charge in [0.25, 0.3) is 0 Å². The topological polar surface area (TPSA) is 49.9 Å². The molecule has 0 bridgehead atoms. The molecule has 4 nitrogen and oxygen atoms in total. The summed E-state index contributed by atoms with van der Waals surface area (Å²) in [6, 6.07) is 5.74. The molecule has 0 aliphatic carbocycles. The molecule has 1 aliphatic heterocycles. The highest BCUT2D eigenvalue weighted by atomic mass is 19.4. The molecule has 2 aromatic rings. The van der Waals surface area contributed by atoms with Gasteiger partial charge >= 0.3 is 6.18 Å². The zero-order valence-corrected chi connectivity index (χ0v) is 16.6. The fourth-order valence-corrected chi connectivity index (χ4v) is 3.89. The Bertz CT molecular complexity index is 787. The van der Waals surface area contributed by atoms with Crippen LogP contribution in [0, 0.1) is 0 Å². The molecule has 0 radical (unpaired) electrons. The highest BCUT2D eigenvalue weighted by Gasteiger charge is 2.37. The van der Waals surface area contributed by atoms with E-state index in [9.17, 15) is 13.2 Å². The van der Waals surface area contributed by atoms with Gasteiger partial charge in [-0.1, -0.05) is 39.0 Å². The van der Waals surface area contributed by atoms with Crippen LogP contribution in [-0.4, -0.2) is 30.0 Å². The first-order valence-corrected chi connectivity index (χ1v) is 9.61. The normalized spacial score (nSPS) is 17.6. The van der Waals surface area contributed by atoms with E-state index in [0.29, 0.717) is 39.1 Å². The summed E-state index contributed by atoms with van der Waals surface area (Å²) in [7, 11) is 0. The Morgan fingerprint density at radius 1 is 1.18 bits per heavy atom. The van der Waals surface area contributed by atoms with Crippen LogP contribution in [0.15, 0.2) is 30.5 Å². The van der Waals surface area contributed by atoms with Crippen molar-refractivity contribution in [3.8, 4) is 0 Å². The molecule has 0 atom stereocenters. The quantitative estimate of drug-likeness (QED) is 0.780. The van der Waals surface area contributed by atoms with Gasteiger partial charge in [-0.05, 0) is 24.5 Å². The Labute approximate surface area is 163 Å². The number of hydrogen-bond donors (Lipinski definition) is 2. The predicted molar refractivity (Wildman–Crippen MR) is 102 cm³/mol. The lowest BCUT2D eigenvalue weighted by Gasteiger charge is -2.38. The molecule has 1 aromatic heterocycles. The van der Waals surface area contributed by atoms with E-state index >= 15 is 0 Å². The van der Waals surface area contributed by atoms with E-state index in [-0.39, 0.29) is 10.8 Å². The van der Waals surface area contributed by atoms with Gasteiger partial charge in [-0.3, -0.25) is 5.10 Å². The van der Waals surface area contributed by atoms with Crippen LogP contribution in [0.4, 0.5) is 13.2 Å². The minimum atomic E-state index is -4.34. The highest BCUT2D eigenvalue weighted by molar-refractivity contribution is 5.33. The fourth-order valence-electron chi connectivity index (χ4n) is 3.89. The van der Waals surface area contributed by atoms with E-state index in [4.69, 9.17) is 4.74 Å². The van der Waals surface area contributed by atoms with E-state index in [1.807, 2.05) is 6.20 Å². The molecule has 2 heterocycles. The maximum atomic E-state index is 13.2. The number of aromatic nitrogens is 2. The molecule has 154 valence electrons. The minimum Gasteiger partial charge on any atom is -0.381 e. The van der Waals surface area contributed by atoms with Gasteiger partial charge in [-0.25, -0.2) is 0 Å². The fraction of sp³-hybridized carbons (Fsp3) is 0.571. The summed E-state index contributed by atoms with van der Waals surface area (Å²) in [5.41, 5.74) is 1.86. The van der Waals surface area contributed by atoms with Crippen molar-refractivity contribution in [2.24, 2.45) is 0 Å². The van der Waals surface area contributed by atoms with Crippen LogP contribution in [0.1, 0.15) is 56.0 Å². The first kappa shape index (κ1) is 20.9. The van der Waals surface area contributed by atoms with Crippen molar-refractivity contribution in [3.05, 3.63) is 52.8 Å². The number of ether oxygens (including phenoxy) is 1. The van der Waals surface area contributed by atoms with Crippen LogP contribution in [-0.2, 0) is 28.3 Å². The SMILES string of the molecule is CC(C)(C)c1[nH]ncc1CNCC1(c2cccc(C(F)(F)F)c2)CCOCC1. The number of H-pyrrole nitrogens is 1. The van der Waals surface area contributed by atoms with Crippen LogP contribution in [0.2, 0.25) is 0 Å². The van der Waals surface area contributed by atoms with E-state index in [1.54, 1.807) is 6.07 Å². The van der Waals surface area contributed by atoms with Crippen molar-refractivity contribution in [2.75, 3.05) is 19.8 Å². The molecule has 0 amide bonds. The van der Waals surface area contributed by atoms with Gasteiger partial charge in [0.1, 0.15) is 0 Å². The van der Waals surface area contributed by atoms with Gasteiger partial charge < -0.3 is 10.1 Å². The molecule has 3 rings (SSSR count). The first-order chi connectivity index (χ1) is 13.1. The lowest BCUT2D eigenvalue weighted by atomic mass is 9.73. The van der Waals surface area contributed by atoms with Crippen LogP contribution >= 0.6 is 0 Å². The molecule has 2 N–H and O–H groups in total. The molecule has 1 aromatic carbocycles. The predicted octanol–water partition coefficient (Wildman–Crippen LogP) is 4.56. The van der Waals surface area contributed by atoms with Gasteiger partial charge in [0, 0.05) is 48.4 Å². The third-order valence-corrected chi connectivity index (χ3v) is 5.50. The molecule has 1 fully saturated rings. The van der Waals surface area contributed by atoms with Gasteiger partial charge in [-0.2, -0.15) is 18.3 Å². The molecule has 0 saturated carbocycles. The molecular weight excluding hydrogens is 367 g/mol. The van der Waals surface area contributed by atoms with Gasteiger partial charge in [0.05, 0.1) is 11.8 Å². The Hall–Kier alpha value is -1.86. The molecule has 1 aliphatic rings. The Morgan fingerprint density at radius 3 is 2.54 bits per heavy atom. The minimum absolute atomic E-state index is 0.0507. The Balaban J connectivity index is 1.79. The summed E-state index contributed by atoms with van der Waals surface area (Å²) in [6.45, 7) is 8.66. The number of halogens is 3. The lowest BCUT2D eigenvalue weighted by molar-refractivity contribution is -0.137. The Kier molecular flexibility index (Phi) is 5.87. The lowest BCUT2D eigenvalue weighted by Crippen LogP contribution is -2.43. The molecule has 0 unspecified atom stereocenters. The summed E-state index contributed by atoms with van der Waals surface area (Å²) >= 11 is 0. The molecular formula is C21H28F3N3O. The van der Waals surface area contributed by atoms with Crippen molar-refractivity contribution in [3.63, 3.8) is 0 Å². The molecule has 0 spiro atoms. The molecule has 1 saturated heterocycles.